The third-order valence-corrected chi connectivity index (χ3v) is 3.99. The molecular formula is C17H23N5O2. The van der Waals surface area contributed by atoms with Crippen molar-refractivity contribution in [2.24, 2.45) is 0 Å². The first-order valence-corrected chi connectivity index (χ1v) is 8.40. The van der Waals surface area contributed by atoms with Gasteiger partial charge in [-0.2, -0.15) is 0 Å². The van der Waals surface area contributed by atoms with E-state index in [1.165, 1.54) is 0 Å². The lowest BCUT2D eigenvalue weighted by atomic mass is 10.2. The molecule has 7 heteroatoms. The van der Waals surface area contributed by atoms with Crippen molar-refractivity contribution in [3.8, 4) is 0 Å². The van der Waals surface area contributed by atoms with Crippen LogP contribution in [0.25, 0.3) is 0 Å². The van der Waals surface area contributed by atoms with Gasteiger partial charge in [-0.3, -0.25) is 4.79 Å². The summed E-state index contributed by atoms with van der Waals surface area (Å²) in [4.78, 5) is 18.8. The second-order valence-electron chi connectivity index (χ2n) is 5.86. The van der Waals surface area contributed by atoms with Crippen LogP contribution < -0.4 is 15.5 Å². The first-order chi connectivity index (χ1) is 11.8. The summed E-state index contributed by atoms with van der Waals surface area (Å²) in [6, 6.07) is 5.59. The summed E-state index contributed by atoms with van der Waals surface area (Å²) in [6.45, 7) is 6.21. The summed E-state index contributed by atoms with van der Waals surface area (Å²) in [5, 5.41) is 10.1. The van der Waals surface area contributed by atoms with Crippen LogP contribution in [-0.4, -0.2) is 42.2 Å². The summed E-state index contributed by atoms with van der Waals surface area (Å²) in [5.41, 5.74) is 1.46. The molecule has 1 saturated heterocycles. The molecule has 1 fully saturated rings. The molecule has 0 atom stereocenters. The number of nitrogens with zero attached hydrogens (tertiary/aromatic N) is 3. The third kappa shape index (κ3) is 4.11. The minimum absolute atomic E-state index is 0.164. The van der Waals surface area contributed by atoms with Gasteiger partial charge in [0.15, 0.2) is 5.76 Å². The number of rotatable bonds is 6. The van der Waals surface area contributed by atoms with Gasteiger partial charge in [0, 0.05) is 38.4 Å². The number of carbonyl (C=O) groups is 1. The standard InChI is InChI=1S/C17H23N5O2/c1-2-3-14-10-15(24-21-14)12-20-17(23)13-4-5-16(19-11-13)22-8-6-18-7-9-22/h4-5,10-11,18H,2-3,6-9,12H2,1H3,(H,20,23). The van der Waals surface area contributed by atoms with Crippen molar-refractivity contribution < 1.29 is 9.32 Å². The average molecular weight is 329 g/mol. The van der Waals surface area contributed by atoms with E-state index in [4.69, 9.17) is 4.52 Å². The predicted octanol–water partition coefficient (Wildman–Crippen LogP) is 1.36. The van der Waals surface area contributed by atoms with E-state index in [0.29, 0.717) is 17.9 Å². The monoisotopic (exact) mass is 329 g/mol. The zero-order valence-electron chi connectivity index (χ0n) is 13.9. The van der Waals surface area contributed by atoms with Crippen LogP contribution in [-0.2, 0) is 13.0 Å². The molecule has 2 aromatic heterocycles. The zero-order valence-corrected chi connectivity index (χ0v) is 13.9. The molecule has 1 aliphatic heterocycles. The van der Waals surface area contributed by atoms with Gasteiger partial charge in [-0.1, -0.05) is 18.5 Å². The summed E-state index contributed by atoms with van der Waals surface area (Å²) < 4.78 is 5.21. The van der Waals surface area contributed by atoms with Gasteiger partial charge in [0.1, 0.15) is 5.82 Å². The van der Waals surface area contributed by atoms with Gasteiger partial charge in [-0.15, -0.1) is 0 Å². The fourth-order valence-electron chi connectivity index (χ4n) is 2.68. The van der Waals surface area contributed by atoms with E-state index in [9.17, 15) is 4.79 Å². The van der Waals surface area contributed by atoms with E-state index in [1.807, 2.05) is 18.2 Å². The molecule has 0 spiro atoms. The minimum atomic E-state index is -0.164. The van der Waals surface area contributed by atoms with Crippen molar-refractivity contribution in [1.29, 1.82) is 0 Å². The smallest absolute Gasteiger partial charge is 0.253 e. The average Bonchev–Trinajstić information content (AvgIpc) is 3.08. The van der Waals surface area contributed by atoms with Crippen LogP contribution in [0.4, 0.5) is 5.82 Å². The highest BCUT2D eigenvalue weighted by atomic mass is 16.5. The van der Waals surface area contributed by atoms with Gasteiger partial charge in [0.25, 0.3) is 5.91 Å². The van der Waals surface area contributed by atoms with Crippen LogP contribution >= 0.6 is 0 Å². The first-order valence-electron chi connectivity index (χ1n) is 8.40. The lowest BCUT2D eigenvalue weighted by molar-refractivity contribution is 0.0946. The Balaban J connectivity index is 1.54. The Bertz CT molecular complexity index is 662. The molecule has 7 nitrogen and oxygen atoms in total. The third-order valence-electron chi connectivity index (χ3n) is 3.99. The van der Waals surface area contributed by atoms with Crippen LogP contribution in [0.2, 0.25) is 0 Å². The molecule has 3 rings (SSSR count). The Labute approximate surface area is 141 Å². The highest BCUT2D eigenvalue weighted by Gasteiger charge is 2.13. The van der Waals surface area contributed by atoms with Crippen molar-refractivity contribution in [2.45, 2.75) is 26.3 Å². The Morgan fingerprint density at radius 3 is 2.92 bits per heavy atom. The van der Waals surface area contributed by atoms with Crippen molar-refractivity contribution in [3.05, 3.63) is 41.4 Å². The van der Waals surface area contributed by atoms with Crippen LogP contribution in [0, 0.1) is 0 Å². The number of carbonyl (C=O) groups excluding carboxylic acids is 1. The second-order valence-corrected chi connectivity index (χ2v) is 5.86. The number of pyridine rings is 1. The lowest BCUT2D eigenvalue weighted by Gasteiger charge is -2.28. The Hall–Kier alpha value is -2.41. The van der Waals surface area contributed by atoms with E-state index >= 15 is 0 Å². The van der Waals surface area contributed by atoms with Gasteiger partial charge in [-0.05, 0) is 18.6 Å². The number of hydrogen-bond donors (Lipinski definition) is 2. The fraction of sp³-hybridized carbons (Fsp3) is 0.471. The summed E-state index contributed by atoms with van der Waals surface area (Å²) >= 11 is 0. The van der Waals surface area contributed by atoms with Gasteiger partial charge < -0.3 is 20.1 Å². The van der Waals surface area contributed by atoms with E-state index in [2.05, 4.69) is 32.6 Å². The Morgan fingerprint density at radius 1 is 1.38 bits per heavy atom. The summed E-state index contributed by atoms with van der Waals surface area (Å²) in [5.74, 6) is 1.41. The summed E-state index contributed by atoms with van der Waals surface area (Å²) in [6.07, 6.45) is 3.52. The minimum Gasteiger partial charge on any atom is -0.359 e. The van der Waals surface area contributed by atoms with Crippen LogP contribution in [0.3, 0.4) is 0 Å². The van der Waals surface area contributed by atoms with E-state index in [-0.39, 0.29) is 5.91 Å². The Kier molecular flexibility index (Phi) is 5.43. The van der Waals surface area contributed by atoms with Gasteiger partial charge in [0.05, 0.1) is 17.8 Å². The zero-order chi connectivity index (χ0) is 16.8. The van der Waals surface area contributed by atoms with Crippen molar-refractivity contribution in [2.75, 3.05) is 31.1 Å². The number of amides is 1. The fourth-order valence-corrected chi connectivity index (χ4v) is 2.68. The molecule has 1 aliphatic rings. The highest BCUT2D eigenvalue weighted by Crippen LogP contribution is 2.12. The number of piperazine rings is 1. The highest BCUT2D eigenvalue weighted by molar-refractivity contribution is 5.93. The number of aromatic nitrogens is 2. The van der Waals surface area contributed by atoms with Crippen LogP contribution in [0.1, 0.15) is 35.2 Å². The number of anilines is 1. The van der Waals surface area contributed by atoms with Crippen LogP contribution in [0.5, 0.6) is 0 Å². The van der Waals surface area contributed by atoms with Gasteiger partial charge >= 0.3 is 0 Å². The van der Waals surface area contributed by atoms with Gasteiger partial charge in [0.2, 0.25) is 0 Å². The van der Waals surface area contributed by atoms with E-state index in [1.54, 1.807) is 6.20 Å². The number of hydrogen-bond acceptors (Lipinski definition) is 6. The molecule has 2 aromatic rings. The van der Waals surface area contributed by atoms with Gasteiger partial charge in [-0.25, -0.2) is 4.98 Å². The molecule has 24 heavy (non-hydrogen) atoms. The predicted molar refractivity (Wildman–Crippen MR) is 91.0 cm³/mol. The number of nitrogens with one attached hydrogen (secondary N) is 2. The molecule has 0 bridgehead atoms. The maximum absolute atomic E-state index is 12.2. The molecule has 0 unspecified atom stereocenters. The molecule has 1 amide bonds. The largest absolute Gasteiger partial charge is 0.359 e. The molecule has 0 saturated carbocycles. The molecular weight excluding hydrogens is 306 g/mol. The Morgan fingerprint density at radius 2 is 2.21 bits per heavy atom. The van der Waals surface area contributed by atoms with E-state index in [0.717, 1.165) is 50.5 Å². The lowest BCUT2D eigenvalue weighted by Crippen LogP contribution is -2.43. The van der Waals surface area contributed by atoms with E-state index < -0.39 is 0 Å². The van der Waals surface area contributed by atoms with Crippen molar-refractivity contribution in [3.63, 3.8) is 0 Å². The van der Waals surface area contributed by atoms with Crippen LogP contribution in [0.15, 0.2) is 28.9 Å². The SMILES string of the molecule is CCCc1cc(CNC(=O)c2ccc(N3CCNCC3)nc2)on1. The molecule has 0 aromatic carbocycles. The summed E-state index contributed by atoms with van der Waals surface area (Å²) in [7, 11) is 0. The molecule has 3 heterocycles. The maximum atomic E-state index is 12.2. The first kappa shape index (κ1) is 16.4. The molecule has 2 N–H and O–H groups in total. The number of aryl methyl sites for hydroxylation is 1. The quantitative estimate of drug-likeness (QED) is 0.833. The molecule has 0 radical (unpaired) electrons. The molecule has 128 valence electrons. The van der Waals surface area contributed by atoms with Crippen molar-refractivity contribution in [1.82, 2.24) is 20.8 Å². The van der Waals surface area contributed by atoms with Crippen molar-refractivity contribution >= 4 is 11.7 Å². The molecule has 0 aliphatic carbocycles. The second kappa shape index (κ2) is 7.92. The topological polar surface area (TPSA) is 83.3 Å². The maximum Gasteiger partial charge on any atom is 0.253 e. The normalized spacial score (nSPS) is 14.6.